The second-order valence-corrected chi connectivity index (χ2v) is 4.15. The summed E-state index contributed by atoms with van der Waals surface area (Å²) in [6, 6.07) is 3.70. The summed E-state index contributed by atoms with van der Waals surface area (Å²) in [4.78, 5) is 11.4. The van der Waals surface area contributed by atoms with Gasteiger partial charge in [0.1, 0.15) is 11.9 Å². The molecule has 0 heterocycles. The van der Waals surface area contributed by atoms with E-state index in [1.54, 1.807) is 0 Å². The van der Waals surface area contributed by atoms with Crippen molar-refractivity contribution in [1.82, 2.24) is 5.32 Å². The van der Waals surface area contributed by atoms with E-state index in [9.17, 15) is 18.0 Å². The second-order valence-electron chi connectivity index (χ2n) is 3.24. The van der Waals surface area contributed by atoms with Crippen LogP contribution in [0, 0.1) is 5.82 Å². The number of rotatable bonds is 4. The van der Waals surface area contributed by atoms with E-state index in [4.69, 9.17) is 5.11 Å². The number of halogens is 4. The first-order chi connectivity index (χ1) is 7.91. The molecule has 0 spiro atoms. The molecule has 0 aliphatic carbocycles. The number of nitrogens with one attached hydrogen (secondary N) is 1. The molecule has 17 heavy (non-hydrogen) atoms. The Morgan fingerprint density at radius 3 is 2.71 bits per heavy atom. The third-order valence-electron chi connectivity index (χ3n) is 1.94. The summed E-state index contributed by atoms with van der Waals surface area (Å²) in [5.41, 5.74) is -0.277. The van der Waals surface area contributed by atoms with Crippen LogP contribution in [0.4, 0.5) is 13.2 Å². The molecule has 1 aromatic carbocycles. The Balaban J connectivity index is 2.67. The summed E-state index contributed by atoms with van der Waals surface area (Å²) in [5.74, 6) is -1.62. The lowest BCUT2D eigenvalue weighted by atomic mass is 10.2. The number of hydrogen-bond acceptors (Lipinski definition) is 2. The average molecular weight is 312 g/mol. The number of alkyl halides is 2. The molecule has 0 aromatic heterocycles. The van der Waals surface area contributed by atoms with E-state index in [1.165, 1.54) is 12.1 Å². The fourth-order valence-corrected chi connectivity index (χ4v) is 1.41. The summed E-state index contributed by atoms with van der Waals surface area (Å²) in [6.07, 6.45) is -4.92. The first-order valence-corrected chi connectivity index (χ1v) is 5.40. The number of carbonyl (C=O) groups excluding carboxylic acids is 1. The van der Waals surface area contributed by atoms with E-state index in [1.807, 2.05) is 5.32 Å². The number of benzene rings is 1. The van der Waals surface area contributed by atoms with Crippen molar-refractivity contribution in [1.29, 1.82) is 0 Å². The highest BCUT2D eigenvalue weighted by Crippen LogP contribution is 2.15. The second kappa shape index (κ2) is 6.02. The first kappa shape index (κ1) is 14.0. The Labute approximate surface area is 104 Å². The minimum atomic E-state index is -2.96. The van der Waals surface area contributed by atoms with Crippen LogP contribution >= 0.6 is 15.9 Å². The van der Waals surface area contributed by atoms with Crippen LogP contribution in [0.15, 0.2) is 22.7 Å². The van der Waals surface area contributed by atoms with Crippen molar-refractivity contribution < 1.29 is 23.1 Å². The molecular formula is C10H9BrF3NO2. The van der Waals surface area contributed by atoms with E-state index in [0.717, 1.165) is 6.07 Å². The van der Waals surface area contributed by atoms with Gasteiger partial charge in [-0.25, -0.2) is 13.2 Å². The van der Waals surface area contributed by atoms with Crippen LogP contribution in [0.5, 0.6) is 0 Å². The molecule has 1 unspecified atom stereocenters. The first-order valence-electron chi connectivity index (χ1n) is 4.61. The molecule has 3 nitrogen and oxygen atoms in total. The number of carbonyl (C=O) groups is 1. The Morgan fingerprint density at radius 1 is 1.47 bits per heavy atom. The maximum absolute atomic E-state index is 13.2. The van der Waals surface area contributed by atoms with Gasteiger partial charge in [-0.2, -0.15) is 0 Å². The summed E-state index contributed by atoms with van der Waals surface area (Å²) in [5, 5.41) is 10.8. The predicted molar refractivity (Wildman–Crippen MR) is 58.4 cm³/mol. The van der Waals surface area contributed by atoms with Gasteiger partial charge < -0.3 is 10.4 Å². The molecule has 0 saturated carbocycles. The summed E-state index contributed by atoms with van der Waals surface area (Å²) >= 11 is 3.05. The SMILES string of the molecule is O=C(NCC(O)C(F)F)c1cc(Br)ccc1F. The van der Waals surface area contributed by atoms with Crippen LogP contribution in [0.3, 0.4) is 0 Å². The third kappa shape index (κ3) is 4.01. The zero-order valence-corrected chi connectivity index (χ0v) is 10.0. The van der Waals surface area contributed by atoms with Crippen molar-refractivity contribution in [2.75, 3.05) is 6.54 Å². The van der Waals surface area contributed by atoms with Crippen LogP contribution in [0.1, 0.15) is 10.4 Å². The van der Waals surface area contributed by atoms with Gasteiger partial charge in [0.15, 0.2) is 0 Å². The highest BCUT2D eigenvalue weighted by atomic mass is 79.9. The van der Waals surface area contributed by atoms with Crippen molar-refractivity contribution in [3.8, 4) is 0 Å². The Morgan fingerprint density at radius 2 is 2.12 bits per heavy atom. The van der Waals surface area contributed by atoms with E-state index >= 15 is 0 Å². The van der Waals surface area contributed by atoms with E-state index in [0.29, 0.717) is 4.47 Å². The molecule has 1 rings (SSSR count). The standard InChI is InChI=1S/C10H9BrF3NO2/c11-5-1-2-7(12)6(3-5)10(17)15-4-8(16)9(13)14/h1-3,8-9,16H,4H2,(H,15,17). The van der Waals surface area contributed by atoms with Crippen molar-refractivity contribution in [2.45, 2.75) is 12.5 Å². The van der Waals surface area contributed by atoms with Crippen LogP contribution < -0.4 is 5.32 Å². The number of aliphatic hydroxyl groups is 1. The van der Waals surface area contributed by atoms with Gasteiger partial charge >= 0.3 is 0 Å². The molecule has 0 aliphatic rings. The van der Waals surface area contributed by atoms with E-state index in [-0.39, 0.29) is 5.56 Å². The van der Waals surface area contributed by atoms with Crippen molar-refractivity contribution in [2.24, 2.45) is 0 Å². The molecule has 0 saturated heterocycles. The molecule has 0 bridgehead atoms. The molecule has 7 heteroatoms. The normalized spacial score (nSPS) is 12.6. The lowest BCUT2D eigenvalue weighted by molar-refractivity contribution is -0.00272. The monoisotopic (exact) mass is 311 g/mol. The largest absolute Gasteiger partial charge is 0.385 e. The van der Waals surface area contributed by atoms with E-state index < -0.39 is 30.8 Å². The van der Waals surface area contributed by atoms with Gasteiger partial charge in [-0.1, -0.05) is 15.9 Å². The molecule has 1 amide bonds. The van der Waals surface area contributed by atoms with Gasteiger partial charge in [0.25, 0.3) is 12.3 Å². The number of amides is 1. The van der Waals surface area contributed by atoms with E-state index in [2.05, 4.69) is 15.9 Å². The topological polar surface area (TPSA) is 49.3 Å². The Bertz CT molecular complexity index is 415. The molecule has 0 aliphatic heterocycles. The fourth-order valence-electron chi connectivity index (χ4n) is 1.05. The molecular weight excluding hydrogens is 303 g/mol. The maximum atomic E-state index is 13.2. The highest BCUT2D eigenvalue weighted by Gasteiger charge is 2.19. The number of aliphatic hydroxyl groups excluding tert-OH is 1. The number of hydrogen-bond donors (Lipinski definition) is 2. The average Bonchev–Trinajstić information content (AvgIpc) is 2.28. The summed E-state index contributed by atoms with van der Waals surface area (Å²) < 4.78 is 37.6. The predicted octanol–water partition coefficient (Wildman–Crippen LogP) is 1.94. The minimum Gasteiger partial charge on any atom is -0.385 e. The molecule has 94 valence electrons. The van der Waals surface area contributed by atoms with Gasteiger partial charge in [0, 0.05) is 11.0 Å². The van der Waals surface area contributed by atoms with Gasteiger partial charge in [-0.05, 0) is 18.2 Å². The van der Waals surface area contributed by atoms with Crippen molar-refractivity contribution in [3.05, 3.63) is 34.1 Å². The van der Waals surface area contributed by atoms with Crippen LogP contribution in [0.25, 0.3) is 0 Å². The lowest BCUT2D eigenvalue weighted by Crippen LogP contribution is -2.36. The van der Waals surface area contributed by atoms with Gasteiger partial charge in [-0.15, -0.1) is 0 Å². The van der Waals surface area contributed by atoms with Crippen molar-refractivity contribution >= 4 is 21.8 Å². The Kier molecular flexibility index (Phi) is 4.95. The summed E-state index contributed by atoms with van der Waals surface area (Å²) in [7, 11) is 0. The zero-order chi connectivity index (χ0) is 13.0. The maximum Gasteiger partial charge on any atom is 0.265 e. The smallest absolute Gasteiger partial charge is 0.265 e. The molecule has 0 radical (unpaired) electrons. The van der Waals surface area contributed by atoms with Gasteiger partial charge in [0.2, 0.25) is 0 Å². The quantitative estimate of drug-likeness (QED) is 0.893. The third-order valence-corrected chi connectivity index (χ3v) is 2.43. The van der Waals surface area contributed by atoms with Crippen LogP contribution in [0.2, 0.25) is 0 Å². The van der Waals surface area contributed by atoms with Crippen LogP contribution in [-0.2, 0) is 0 Å². The Hall–Kier alpha value is -1.08. The zero-order valence-electron chi connectivity index (χ0n) is 8.46. The highest BCUT2D eigenvalue weighted by molar-refractivity contribution is 9.10. The molecule has 1 atom stereocenters. The lowest BCUT2D eigenvalue weighted by Gasteiger charge is -2.11. The van der Waals surface area contributed by atoms with Gasteiger partial charge in [0.05, 0.1) is 5.56 Å². The van der Waals surface area contributed by atoms with Gasteiger partial charge in [-0.3, -0.25) is 4.79 Å². The molecule has 2 N–H and O–H groups in total. The fraction of sp³-hybridized carbons (Fsp3) is 0.300. The molecule has 1 aromatic rings. The summed E-state index contributed by atoms with van der Waals surface area (Å²) in [6.45, 7) is -0.636. The minimum absolute atomic E-state index is 0.277. The van der Waals surface area contributed by atoms with Crippen molar-refractivity contribution in [3.63, 3.8) is 0 Å². The van der Waals surface area contributed by atoms with Crippen LogP contribution in [-0.4, -0.2) is 30.1 Å². The molecule has 0 fully saturated rings.